The Morgan fingerprint density at radius 2 is 2.12 bits per heavy atom. The molecule has 2 aromatic rings. The number of carbonyl (C=O) groups is 1. The molecule has 3 nitrogen and oxygen atoms in total. The predicted octanol–water partition coefficient (Wildman–Crippen LogP) is 2.67. The van der Waals surface area contributed by atoms with Gasteiger partial charge in [0.1, 0.15) is 5.82 Å². The number of hydrogen-bond acceptors (Lipinski definition) is 1. The van der Waals surface area contributed by atoms with Gasteiger partial charge < -0.3 is 10.3 Å². The zero-order valence-electron chi connectivity index (χ0n) is 10.1. The number of nitrogens with one attached hydrogen (secondary N) is 2. The molecule has 0 spiro atoms. The molecule has 0 fully saturated rings. The van der Waals surface area contributed by atoms with Gasteiger partial charge in [-0.1, -0.05) is 0 Å². The van der Waals surface area contributed by atoms with Gasteiger partial charge in [0.2, 0.25) is 0 Å². The standard InChI is InChI=1S/C13H15FN2O/c1-4-15-13(17)11-8(3)16-12-7(2)5-9(14)6-10(11)12/h5-6,16H,4H2,1-3H3,(H,15,17). The maximum absolute atomic E-state index is 13.4. The molecular formula is C13H15FN2O. The maximum atomic E-state index is 13.4. The number of hydrogen-bond donors (Lipinski definition) is 2. The van der Waals surface area contributed by atoms with Crippen molar-refractivity contribution in [1.29, 1.82) is 0 Å². The van der Waals surface area contributed by atoms with Gasteiger partial charge >= 0.3 is 0 Å². The third-order valence-electron chi connectivity index (χ3n) is 2.82. The average molecular weight is 234 g/mol. The molecule has 0 unspecified atom stereocenters. The first kappa shape index (κ1) is 11.6. The molecule has 0 bridgehead atoms. The second kappa shape index (κ2) is 4.20. The van der Waals surface area contributed by atoms with Gasteiger partial charge in [-0.15, -0.1) is 0 Å². The Morgan fingerprint density at radius 3 is 2.76 bits per heavy atom. The highest BCUT2D eigenvalue weighted by molar-refractivity contribution is 6.08. The lowest BCUT2D eigenvalue weighted by molar-refractivity contribution is 0.0957. The van der Waals surface area contributed by atoms with Crippen molar-refractivity contribution in [2.45, 2.75) is 20.8 Å². The quantitative estimate of drug-likeness (QED) is 0.824. The Kier molecular flexibility index (Phi) is 2.88. The van der Waals surface area contributed by atoms with Crippen LogP contribution in [0.25, 0.3) is 10.9 Å². The van der Waals surface area contributed by atoms with E-state index in [1.807, 2.05) is 20.8 Å². The van der Waals surface area contributed by atoms with Gasteiger partial charge in [0.25, 0.3) is 5.91 Å². The van der Waals surface area contributed by atoms with Gasteiger partial charge in [-0.3, -0.25) is 4.79 Å². The van der Waals surface area contributed by atoms with Gasteiger partial charge in [-0.25, -0.2) is 4.39 Å². The smallest absolute Gasteiger partial charge is 0.253 e. The molecule has 0 aliphatic carbocycles. The number of aromatic amines is 1. The molecule has 4 heteroatoms. The summed E-state index contributed by atoms with van der Waals surface area (Å²) >= 11 is 0. The van der Waals surface area contributed by atoms with E-state index in [-0.39, 0.29) is 11.7 Å². The topological polar surface area (TPSA) is 44.9 Å². The molecule has 17 heavy (non-hydrogen) atoms. The fraction of sp³-hybridized carbons (Fsp3) is 0.308. The van der Waals surface area contributed by atoms with Gasteiger partial charge in [-0.05, 0) is 38.5 Å². The highest BCUT2D eigenvalue weighted by Gasteiger charge is 2.17. The number of fused-ring (bicyclic) bond motifs is 1. The van der Waals surface area contributed by atoms with Crippen LogP contribution in [0.2, 0.25) is 0 Å². The van der Waals surface area contributed by atoms with Crippen molar-refractivity contribution in [3.63, 3.8) is 0 Å². The number of aromatic nitrogens is 1. The van der Waals surface area contributed by atoms with Gasteiger partial charge in [-0.2, -0.15) is 0 Å². The van der Waals surface area contributed by atoms with Gasteiger partial charge in [0.05, 0.1) is 5.56 Å². The summed E-state index contributed by atoms with van der Waals surface area (Å²) in [5.41, 5.74) is 2.92. The number of benzene rings is 1. The van der Waals surface area contributed by atoms with Crippen LogP contribution < -0.4 is 5.32 Å². The summed E-state index contributed by atoms with van der Waals surface area (Å²) in [5.74, 6) is -0.485. The molecule has 1 heterocycles. The van der Waals surface area contributed by atoms with E-state index in [1.54, 1.807) is 0 Å². The summed E-state index contributed by atoms with van der Waals surface area (Å²) in [6.07, 6.45) is 0. The first-order valence-electron chi connectivity index (χ1n) is 5.61. The Hall–Kier alpha value is -1.84. The van der Waals surface area contributed by atoms with Crippen LogP contribution >= 0.6 is 0 Å². The number of amides is 1. The van der Waals surface area contributed by atoms with E-state index < -0.39 is 0 Å². The first-order chi connectivity index (χ1) is 8.04. The lowest BCUT2D eigenvalue weighted by Gasteiger charge is -2.02. The fourth-order valence-electron chi connectivity index (χ4n) is 2.10. The minimum absolute atomic E-state index is 0.166. The molecule has 1 aromatic carbocycles. The van der Waals surface area contributed by atoms with Crippen LogP contribution in [-0.4, -0.2) is 17.4 Å². The molecule has 0 saturated carbocycles. The summed E-state index contributed by atoms with van der Waals surface area (Å²) < 4.78 is 13.4. The molecule has 0 atom stereocenters. The van der Waals surface area contributed by atoms with Crippen LogP contribution in [0.15, 0.2) is 12.1 Å². The average Bonchev–Trinajstić information content (AvgIpc) is 2.55. The number of aryl methyl sites for hydroxylation is 2. The lowest BCUT2D eigenvalue weighted by Crippen LogP contribution is -2.23. The number of halogens is 1. The largest absolute Gasteiger partial charge is 0.358 e. The molecule has 2 rings (SSSR count). The summed E-state index contributed by atoms with van der Waals surface area (Å²) in [6.45, 7) is 6.05. The monoisotopic (exact) mass is 234 g/mol. The maximum Gasteiger partial charge on any atom is 0.253 e. The molecule has 0 saturated heterocycles. The summed E-state index contributed by atoms with van der Waals surface area (Å²) in [5, 5.41) is 3.38. The van der Waals surface area contributed by atoms with Crippen LogP contribution in [-0.2, 0) is 0 Å². The molecule has 2 N–H and O–H groups in total. The van der Waals surface area contributed by atoms with E-state index in [9.17, 15) is 9.18 Å². The number of H-pyrrole nitrogens is 1. The van der Waals surface area contributed by atoms with E-state index >= 15 is 0 Å². The Labute approximate surface area is 99.0 Å². The molecule has 90 valence electrons. The molecule has 1 amide bonds. The molecule has 1 aromatic heterocycles. The highest BCUT2D eigenvalue weighted by atomic mass is 19.1. The van der Waals surface area contributed by atoms with E-state index in [0.29, 0.717) is 17.5 Å². The Bertz CT molecular complexity index is 587. The normalized spacial score (nSPS) is 10.8. The zero-order chi connectivity index (χ0) is 12.6. The first-order valence-corrected chi connectivity index (χ1v) is 5.61. The minimum Gasteiger partial charge on any atom is -0.358 e. The lowest BCUT2D eigenvalue weighted by atomic mass is 10.1. The number of rotatable bonds is 2. The summed E-state index contributed by atoms with van der Waals surface area (Å²) in [7, 11) is 0. The molecular weight excluding hydrogens is 219 g/mol. The van der Waals surface area contributed by atoms with Crippen molar-refractivity contribution < 1.29 is 9.18 Å². The fourth-order valence-corrected chi connectivity index (χ4v) is 2.10. The van der Waals surface area contributed by atoms with Crippen molar-refractivity contribution in [1.82, 2.24) is 10.3 Å². The van der Waals surface area contributed by atoms with Crippen LogP contribution in [0, 0.1) is 19.7 Å². The summed E-state index contributed by atoms with van der Waals surface area (Å²) in [6, 6.07) is 2.86. The number of carbonyl (C=O) groups excluding carboxylic acids is 1. The van der Waals surface area contributed by atoms with Gasteiger partial charge in [0.15, 0.2) is 0 Å². The molecule has 0 aliphatic rings. The van der Waals surface area contributed by atoms with E-state index in [4.69, 9.17) is 0 Å². The van der Waals surface area contributed by atoms with Gasteiger partial charge in [0, 0.05) is 23.1 Å². The zero-order valence-corrected chi connectivity index (χ0v) is 10.1. The van der Waals surface area contributed by atoms with Crippen molar-refractivity contribution >= 4 is 16.8 Å². The SMILES string of the molecule is CCNC(=O)c1c(C)[nH]c2c(C)cc(F)cc12. The van der Waals surface area contributed by atoms with Crippen molar-refractivity contribution in [3.05, 3.63) is 34.8 Å². The molecule has 0 aliphatic heterocycles. The van der Waals surface area contributed by atoms with Crippen LogP contribution in [0.4, 0.5) is 4.39 Å². The van der Waals surface area contributed by atoms with Crippen LogP contribution in [0.5, 0.6) is 0 Å². The third kappa shape index (κ3) is 1.90. The Balaban J connectivity index is 2.70. The molecule has 0 radical (unpaired) electrons. The second-order valence-electron chi connectivity index (χ2n) is 4.13. The Morgan fingerprint density at radius 1 is 1.41 bits per heavy atom. The van der Waals surface area contributed by atoms with Crippen molar-refractivity contribution in [3.8, 4) is 0 Å². The second-order valence-corrected chi connectivity index (χ2v) is 4.13. The van der Waals surface area contributed by atoms with E-state index in [1.165, 1.54) is 12.1 Å². The van der Waals surface area contributed by atoms with Crippen LogP contribution in [0.3, 0.4) is 0 Å². The van der Waals surface area contributed by atoms with Crippen molar-refractivity contribution in [2.24, 2.45) is 0 Å². The summed E-state index contributed by atoms with van der Waals surface area (Å²) in [4.78, 5) is 15.0. The predicted molar refractivity (Wildman–Crippen MR) is 65.7 cm³/mol. The highest BCUT2D eigenvalue weighted by Crippen LogP contribution is 2.25. The van der Waals surface area contributed by atoms with Crippen molar-refractivity contribution in [2.75, 3.05) is 6.54 Å². The minimum atomic E-state index is -0.320. The van der Waals surface area contributed by atoms with Crippen LogP contribution in [0.1, 0.15) is 28.5 Å². The third-order valence-corrected chi connectivity index (χ3v) is 2.82. The van der Waals surface area contributed by atoms with E-state index in [2.05, 4.69) is 10.3 Å². The van der Waals surface area contributed by atoms with E-state index in [0.717, 1.165) is 16.8 Å².